The Kier molecular flexibility index (Phi) is 5.21. The van der Waals surface area contributed by atoms with Crippen molar-refractivity contribution in [3.63, 3.8) is 0 Å². The number of hydrogen-bond acceptors (Lipinski definition) is 5. The molecular formula is C12H16N4OS. The minimum atomic E-state index is -0.279. The SMILES string of the molecule is C=CCNC(=O)c1sc(NCCC)c(C#N)c1N. The van der Waals surface area contributed by atoms with Crippen molar-refractivity contribution in [3.05, 3.63) is 23.1 Å². The first kappa shape index (κ1) is 14.1. The predicted molar refractivity (Wildman–Crippen MR) is 74.8 cm³/mol. The standard InChI is InChI=1S/C12H16N4OS/c1-3-5-15-11(17)10-9(14)8(7-13)12(18-10)16-6-4-2/h3,16H,1,4-6,14H2,2H3,(H,15,17). The number of nitrogen functional groups attached to an aromatic ring is 1. The van der Waals surface area contributed by atoms with Gasteiger partial charge in [-0.05, 0) is 6.42 Å². The van der Waals surface area contributed by atoms with Crippen LogP contribution in [0, 0.1) is 11.3 Å². The van der Waals surface area contributed by atoms with Crippen LogP contribution in [-0.2, 0) is 0 Å². The lowest BCUT2D eigenvalue weighted by Crippen LogP contribution is -2.23. The molecule has 4 N–H and O–H groups in total. The van der Waals surface area contributed by atoms with Crippen LogP contribution in [0.1, 0.15) is 28.6 Å². The van der Waals surface area contributed by atoms with Crippen molar-refractivity contribution < 1.29 is 4.79 Å². The van der Waals surface area contributed by atoms with E-state index in [0.717, 1.165) is 13.0 Å². The number of nitrogens with zero attached hydrogens (tertiary/aromatic N) is 1. The number of thiophene rings is 1. The first-order chi connectivity index (χ1) is 8.65. The smallest absolute Gasteiger partial charge is 0.263 e. The van der Waals surface area contributed by atoms with Gasteiger partial charge in [0.1, 0.15) is 21.5 Å². The molecular weight excluding hydrogens is 248 g/mol. The first-order valence-electron chi connectivity index (χ1n) is 5.61. The Labute approximate surface area is 110 Å². The molecule has 96 valence electrons. The number of carbonyl (C=O) groups excluding carboxylic acids is 1. The summed E-state index contributed by atoms with van der Waals surface area (Å²) in [5.74, 6) is -0.279. The maximum absolute atomic E-state index is 11.8. The van der Waals surface area contributed by atoms with E-state index < -0.39 is 0 Å². The van der Waals surface area contributed by atoms with Crippen molar-refractivity contribution in [3.8, 4) is 6.07 Å². The zero-order valence-electron chi connectivity index (χ0n) is 10.2. The van der Waals surface area contributed by atoms with Crippen LogP contribution in [0.4, 0.5) is 10.7 Å². The number of hydrogen-bond donors (Lipinski definition) is 3. The van der Waals surface area contributed by atoms with E-state index in [4.69, 9.17) is 11.0 Å². The number of carbonyl (C=O) groups is 1. The highest BCUT2D eigenvalue weighted by Crippen LogP contribution is 2.34. The van der Waals surface area contributed by atoms with Gasteiger partial charge in [0.2, 0.25) is 0 Å². The second-order valence-corrected chi connectivity index (χ2v) is 4.61. The summed E-state index contributed by atoms with van der Waals surface area (Å²) in [5.41, 5.74) is 6.40. The van der Waals surface area contributed by atoms with Gasteiger partial charge < -0.3 is 16.4 Å². The number of nitrogens with two attached hydrogens (primary N) is 1. The fraction of sp³-hybridized carbons (Fsp3) is 0.333. The van der Waals surface area contributed by atoms with Crippen LogP contribution in [0.25, 0.3) is 0 Å². The molecule has 1 rings (SSSR count). The lowest BCUT2D eigenvalue weighted by Gasteiger charge is -2.00. The van der Waals surface area contributed by atoms with E-state index in [1.807, 2.05) is 13.0 Å². The van der Waals surface area contributed by atoms with Crippen LogP contribution in [0.2, 0.25) is 0 Å². The van der Waals surface area contributed by atoms with Crippen molar-refractivity contribution >= 4 is 27.9 Å². The summed E-state index contributed by atoms with van der Waals surface area (Å²) in [4.78, 5) is 12.2. The van der Waals surface area contributed by atoms with Gasteiger partial charge in [-0.2, -0.15) is 5.26 Å². The largest absolute Gasteiger partial charge is 0.396 e. The van der Waals surface area contributed by atoms with Crippen LogP contribution in [0.5, 0.6) is 0 Å². The molecule has 0 aliphatic carbocycles. The van der Waals surface area contributed by atoms with E-state index in [1.54, 1.807) is 6.08 Å². The van der Waals surface area contributed by atoms with E-state index in [2.05, 4.69) is 17.2 Å². The Bertz CT molecular complexity index is 487. The third kappa shape index (κ3) is 3.02. The lowest BCUT2D eigenvalue weighted by atomic mass is 10.2. The molecule has 5 nitrogen and oxygen atoms in total. The van der Waals surface area contributed by atoms with Crippen LogP contribution in [-0.4, -0.2) is 19.0 Å². The summed E-state index contributed by atoms with van der Waals surface area (Å²) in [6, 6.07) is 2.03. The summed E-state index contributed by atoms with van der Waals surface area (Å²) in [6.45, 7) is 6.65. The number of anilines is 2. The average Bonchev–Trinajstić information content (AvgIpc) is 2.69. The van der Waals surface area contributed by atoms with Crippen molar-refractivity contribution in [2.75, 3.05) is 24.1 Å². The van der Waals surface area contributed by atoms with Crippen LogP contribution in [0.3, 0.4) is 0 Å². The fourth-order valence-corrected chi connectivity index (χ4v) is 2.34. The van der Waals surface area contributed by atoms with E-state index in [-0.39, 0.29) is 11.6 Å². The lowest BCUT2D eigenvalue weighted by molar-refractivity contribution is 0.0963. The highest BCUT2D eigenvalue weighted by molar-refractivity contribution is 7.18. The van der Waals surface area contributed by atoms with Crippen molar-refractivity contribution in [2.45, 2.75) is 13.3 Å². The fourth-order valence-electron chi connectivity index (χ4n) is 1.33. The van der Waals surface area contributed by atoms with Crippen molar-refractivity contribution in [2.24, 2.45) is 0 Å². The summed E-state index contributed by atoms with van der Waals surface area (Å²) < 4.78 is 0. The molecule has 1 aromatic heterocycles. The van der Waals surface area contributed by atoms with Gasteiger partial charge in [-0.1, -0.05) is 13.0 Å². The minimum absolute atomic E-state index is 0.239. The van der Waals surface area contributed by atoms with Gasteiger partial charge in [-0.25, -0.2) is 0 Å². The molecule has 6 heteroatoms. The Morgan fingerprint density at radius 3 is 2.94 bits per heavy atom. The molecule has 0 spiro atoms. The molecule has 0 aliphatic heterocycles. The first-order valence-corrected chi connectivity index (χ1v) is 6.42. The Balaban J connectivity index is 2.99. The zero-order valence-corrected chi connectivity index (χ0v) is 11.1. The monoisotopic (exact) mass is 264 g/mol. The molecule has 0 aliphatic rings. The normalized spacial score (nSPS) is 9.56. The van der Waals surface area contributed by atoms with E-state index in [9.17, 15) is 4.79 Å². The second kappa shape index (κ2) is 6.67. The van der Waals surface area contributed by atoms with Gasteiger partial charge >= 0.3 is 0 Å². The predicted octanol–water partition coefficient (Wildman–Crippen LogP) is 1.94. The van der Waals surface area contributed by atoms with E-state index >= 15 is 0 Å². The van der Waals surface area contributed by atoms with Gasteiger partial charge in [-0.3, -0.25) is 4.79 Å². The maximum atomic E-state index is 11.8. The summed E-state index contributed by atoms with van der Waals surface area (Å²) >= 11 is 1.20. The molecule has 0 aromatic carbocycles. The number of nitriles is 1. The number of rotatable bonds is 6. The van der Waals surface area contributed by atoms with Crippen molar-refractivity contribution in [1.29, 1.82) is 5.26 Å². The Morgan fingerprint density at radius 1 is 1.67 bits per heavy atom. The molecule has 18 heavy (non-hydrogen) atoms. The van der Waals surface area contributed by atoms with Crippen LogP contribution in [0.15, 0.2) is 12.7 Å². The van der Waals surface area contributed by atoms with Gasteiger partial charge in [0, 0.05) is 13.1 Å². The summed E-state index contributed by atoms with van der Waals surface area (Å²) in [5, 5.41) is 15.5. The maximum Gasteiger partial charge on any atom is 0.263 e. The Hall–Kier alpha value is -2.00. The highest BCUT2D eigenvalue weighted by Gasteiger charge is 2.20. The molecule has 0 fully saturated rings. The van der Waals surface area contributed by atoms with Gasteiger partial charge in [0.25, 0.3) is 5.91 Å². The second-order valence-electron chi connectivity index (χ2n) is 3.59. The third-order valence-corrected chi connectivity index (χ3v) is 3.37. The highest BCUT2D eigenvalue weighted by atomic mass is 32.1. The molecule has 0 unspecified atom stereocenters. The molecule has 0 bridgehead atoms. The molecule has 0 saturated carbocycles. The minimum Gasteiger partial charge on any atom is -0.396 e. The number of nitrogens with one attached hydrogen (secondary N) is 2. The van der Waals surface area contributed by atoms with Gasteiger partial charge in [0.05, 0.1) is 5.69 Å². The van der Waals surface area contributed by atoms with E-state index in [0.29, 0.717) is 22.0 Å². The van der Waals surface area contributed by atoms with Gasteiger partial charge in [-0.15, -0.1) is 17.9 Å². The average molecular weight is 264 g/mol. The molecule has 0 atom stereocenters. The zero-order chi connectivity index (χ0) is 13.5. The van der Waals surface area contributed by atoms with Gasteiger partial charge in [0.15, 0.2) is 0 Å². The topological polar surface area (TPSA) is 90.9 Å². The number of amides is 1. The van der Waals surface area contributed by atoms with Crippen molar-refractivity contribution in [1.82, 2.24) is 5.32 Å². The van der Waals surface area contributed by atoms with Crippen LogP contribution < -0.4 is 16.4 Å². The molecule has 1 heterocycles. The van der Waals surface area contributed by atoms with E-state index in [1.165, 1.54) is 11.3 Å². The molecule has 1 amide bonds. The Morgan fingerprint density at radius 2 is 2.39 bits per heavy atom. The van der Waals surface area contributed by atoms with Crippen LogP contribution >= 0.6 is 11.3 Å². The molecule has 0 saturated heterocycles. The molecule has 0 radical (unpaired) electrons. The summed E-state index contributed by atoms with van der Waals surface area (Å²) in [7, 11) is 0. The third-order valence-electron chi connectivity index (χ3n) is 2.21. The quantitative estimate of drug-likeness (QED) is 0.685. The molecule has 1 aromatic rings. The summed E-state index contributed by atoms with van der Waals surface area (Å²) in [6.07, 6.45) is 2.52.